The Balaban J connectivity index is 2.24. The predicted octanol–water partition coefficient (Wildman–Crippen LogP) is 1.81. The minimum atomic E-state index is -0.247. The van der Waals surface area contributed by atoms with Gasteiger partial charge in [-0.2, -0.15) is 0 Å². The van der Waals surface area contributed by atoms with E-state index in [1.54, 1.807) is 0 Å². The zero-order valence-electron chi connectivity index (χ0n) is 12.8. The molecule has 0 fully saturated rings. The number of nitrogens with two attached hydrogens (primary N) is 1. The standard InChI is InChI=1S/C16H25NO4/c1-3-19-15-8-12-7-11(2)21-14(12)9-13(15)16(10-17)20-6-4-5-18/h8-9,11,16,18H,3-7,10,17H2,1-2H3. The van der Waals surface area contributed by atoms with E-state index in [0.29, 0.717) is 26.2 Å². The van der Waals surface area contributed by atoms with Crippen molar-refractivity contribution in [1.82, 2.24) is 0 Å². The van der Waals surface area contributed by atoms with Crippen molar-refractivity contribution >= 4 is 0 Å². The molecule has 118 valence electrons. The summed E-state index contributed by atoms with van der Waals surface area (Å²) in [5.41, 5.74) is 7.93. The third-order valence-corrected chi connectivity index (χ3v) is 3.51. The van der Waals surface area contributed by atoms with Crippen LogP contribution in [0.15, 0.2) is 12.1 Å². The van der Waals surface area contributed by atoms with Crippen LogP contribution >= 0.6 is 0 Å². The van der Waals surface area contributed by atoms with Crippen molar-refractivity contribution in [2.24, 2.45) is 5.73 Å². The van der Waals surface area contributed by atoms with Crippen LogP contribution in [0.5, 0.6) is 11.5 Å². The molecule has 1 heterocycles. The zero-order valence-corrected chi connectivity index (χ0v) is 12.8. The summed E-state index contributed by atoms with van der Waals surface area (Å²) < 4.78 is 17.3. The van der Waals surface area contributed by atoms with Crippen LogP contribution in [0.1, 0.15) is 37.5 Å². The number of fused-ring (bicyclic) bond motifs is 1. The number of hydrogen-bond acceptors (Lipinski definition) is 5. The molecule has 1 aromatic carbocycles. The van der Waals surface area contributed by atoms with Crippen molar-refractivity contribution in [1.29, 1.82) is 0 Å². The van der Waals surface area contributed by atoms with Gasteiger partial charge in [0.25, 0.3) is 0 Å². The lowest BCUT2D eigenvalue weighted by Gasteiger charge is -2.20. The Kier molecular flexibility index (Phi) is 5.85. The van der Waals surface area contributed by atoms with Gasteiger partial charge in [0, 0.05) is 37.3 Å². The molecule has 1 aliphatic rings. The molecule has 0 aliphatic carbocycles. The topological polar surface area (TPSA) is 73.9 Å². The van der Waals surface area contributed by atoms with Crippen LogP contribution in [0, 0.1) is 0 Å². The Labute approximate surface area is 126 Å². The molecule has 1 aromatic rings. The van der Waals surface area contributed by atoms with Gasteiger partial charge < -0.3 is 25.1 Å². The van der Waals surface area contributed by atoms with Crippen molar-refractivity contribution in [3.8, 4) is 11.5 Å². The molecule has 2 atom stereocenters. The van der Waals surface area contributed by atoms with Gasteiger partial charge in [-0.1, -0.05) is 0 Å². The molecule has 0 aromatic heterocycles. The average Bonchev–Trinajstić information content (AvgIpc) is 2.83. The molecule has 0 saturated heterocycles. The van der Waals surface area contributed by atoms with Crippen LogP contribution in [-0.2, 0) is 11.2 Å². The fourth-order valence-electron chi connectivity index (χ4n) is 2.56. The monoisotopic (exact) mass is 295 g/mol. The van der Waals surface area contributed by atoms with E-state index in [-0.39, 0.29) is 18.8 Å². The van der Waals surface area contributed by atoms with E-state index in [4.69, 9.17) is 25.1 Å². The van der Waals surface area contributed by atoms with Crippen LogP contribution in [-0.4, -0.2) is 37.6 Å². The maximum absolute atomic E-state index is 8.86. The molecule has 0 spiro atoms. The van der Waals surface area contributed by atoms with Gasteiger partial charge in [-0.05, 0) is 32.4 Å². The van der Waals surface area contributed by atoms with E-state index in [0.717, 1.165) is 23.5 Å². The van der Waals surface area contributed by atoms with Gasteiger partial charge in [0.1, 0.15) is 17.6 Å². The molecule has 0 amide bonds. The molecule has 5 heteroatoms. The summed E-state index contributed by atoms with van der Waals surface area (Å²) in [5, 5.41) is 8.86. The Morgan fingerprint density at radius 1 is 1.48 bits per heavy atom. The minimum Gasteiger partial charge on any atom is -0.493 e. The van der Waals surface area contributed by atoms with Crippen molar-refractivity contribution in [3.05, 3.63) is 23.3 Å². The molecular weight excluding hydrogens is 270 g/mol. The zero-order chi connectivity index (χ0) is 15.2. The van der Waals surface area contributed by atoms with Crippen LogP contribution in [0.2, 0.25) is 0 Å². The van der Waals surface area contributed by atoms with Crippen LogP contribution in [0.4, 0.5) is 0 Å². The quantitative estimate of drug-likeness (QED) is 0.716. The maximum atomic E-state index is 8.86. The fourth-order valence-corrected chi connectivity index (χ4v) is 2.56. The lowest BCUT2D eigenvalue weighted by Crippen LogP contribution is -2.18. The first-order valence-corrected chi connectivity index (χ1v) is 7.58. The summed E-state index contributed by atoms with van der Waals surface area (Å²) in [6.07, 6.45) is 1.44. The third-order valence-electron chi connectivity index (χ3n) is 3.51. The molecule has 21 heavy (non-hydrogen) atoms. The number of benzene rings is 1. The molecule has 2 unspecified atom stereocenters. The number of aliphatic hydroxyl groups is 1. The first-order valence-electron chi connectivity index (χ1n) is 7.58. The van der Waals surface area contributed by atoms with E-state index < -0.39 is 0 Å². The first kappa shape index (κ1) is 16.1. The molecule has 1 aliphatic heterocycles. The summed E-state index contributed by atoms with van der Waals surface area (Å²) in [4.78, 5) is 0. The van der Waals surface area contributed by atoms with E-state index in [1.165, 1.54) is 5.56 Å². The van der Waals surface area contributed by atoms with Crippen molar-refractivity contribution < 1.29 is 19.3 Å². The summed E-state index contributed by atoms with van der Waals surface area (Å²) in [7, 11) is 0. The SMILES string of the molecule is CCOc1cc2c(cc1C(CN)OCCCO)OC(C)C2. The second kappa shape index (κ2) is 7.64. The van der Waals surface area contributed by atoms with Crippen molar-refractivity contribution in [2.45, 2.75) is 38.9 Å². The van der Waals surface area contributed by atoms with Gasteiger partial charge in [0.2, 0.25) is 0 Å². The predicted molar refractivity (Wildman–Crippen MR) is 80.9 cm³/mol. The summed E-state index contributed by atoms with van der Waals surface area (Å²) in [5.74, 6) is 1.71. The van der Waals surface area contributed by atoms with Gasteiger partial charge in [-0.25, -0.2) is 0 Å². The normalized spacial score (nSPS) is 18.2. The van der Waals surface area contributed by atoms with Gasteiger partial charge in [-0.3, -0.25) is 0 Å². The van der Waals surface area contributed by atoms with E-state index in [1.807, 2.05) is 19.1 Å². The van der Waals surface area contributed by atoms with Crippen LogP contribution in [0.3, 0.4) is 0 Å². The number of aliphatic hydroxyl groups excluding tert-OH is 1. The van der Waals surface area contributed by atoms with E-state index in [2.05, 4.69) is 6.92 Å². The molecule has 3 N–H and O–H groups in total. The summed E-state index contributed by atoms with van der Waals surface area (Å²) in [6.45, 7) is 5.55. The number of rotatable bonds is 8. The highest BCUT2D eigenvalue weighted by atomic mass is 16.5. The third kappa shape index (κ3) is 3.87. The molecule has 5 nitrogen and oxygen atoms in total. The highest BCUT2D eigenvalue weighted by Crippen LogP contribution is 2.38. The summed E-state index contributed by atoms with van der Waals surface area (Å²) >= 11 is 0. The Morgan fingerprint density at radius 2 is 2.29 bits per heavy atom. The summed E-state index contributed by atoms with van der Waals surface area (Å²) in [6, 6.07) is 4.02. The van der Waals surface area contributed by atoms with Crippen molar-refractivity contribution in [2.75, 3.05) is 26.4 Å². The average molecular weight is 295 g/mol. The lowest BCUT2D eigenvalue weighted by molar-refractivity contribution is 0.0469. The highest BCUT2D eigenvalue weighted by molar-refractivity contribution is 5.49. The number of hydrogen-bond donors (Lipinski definition) is 2. The molecule has 0 saturated carbocycles. The molecule has 0 bridgehead atoms. The second-order valence-corrected chi connectivity index (χ2v) is 5.24. The maximum Gasteiger partial charge on any atom is 0.125 e. The van der Waals surface area contributed by atoms with Crippen LogP contribution < -0.4 is 15.2 Å². The van der Waals surface area contributed by atoms with Gasteiger partial charge in [0.05, 0.1) is 12.7 Å². The fraction of sp³-hybridized carbons (Fsp3) is 0.625. The Hall–Kier alpha value is -1.30. The Morgan fingerprint density at radius 3 is 2.95 bits per heavy atom. The molecule has 2 rings (SSSR count). The number of ether oxygens (including phenoxy) is 3. The van der Waals surface area contributed by atoms with E-state index >= 15 is 0 Å². The second-order valence-electron chi connectivity index (χ2n) is 5.24. The molecular formula is C16H25NO4. The first-order chi connectivity index (χ1) is 10.2. The van der Waals surface area contributed by atoms with Crippen molar-refractivity contribution in [3.63, 3.8) is 0 Å². The molecule has 0 radical (unpaired) electrons. The smallest absolute Gasteiger partial charge is 0.125 e. The van der Waals surface area contributed by atoms with Crippen LogP contribution in [0.25, 0.3) is 0 Å². The van der Waals surface area contributed by atoms with Gasteiger partial charge in [0.15, 0.2) is 0 Å². The Bertz CT molecular complexity index is 464. The highest BCUT2D eigenvalue weighted by Gasteiger charge is 2.25. The van der Waals surface area contributed by atoms with Gasteiger partial charge >= 0.3 is 0 Å². The van der Waals surface area contributed by atoms with E-state index in [9.17, 15) is 0 Å². The lowest BCUT2D eigenvalue weighted by atomic mass is 10.0. The van der Waals surface area contributed by atoms with Gasteiger partial charge in [-0.15, -0.1) is 0 Å². The minimum absolute atomic E-state index is 0.112. The largest absolute Gasteiger partial charge is 0.493 e.